The van der Waals surface area contributed by atoms with Gasteiger partial charge in [0.1, 0.15) is 5.03 Å². The van der Waals surface area contributed by atoms with Crippen LogP contribution in [0.25, 0.3) is 5.69 Å². The van der Waals surface area contributed by atoms with Crippen LogP contribution in [0.4, 0.5) is 0 Å². The highest BCUT2D eigenvalue weighted by Crippen LogP contribution is 2.30. The van der Waals surface area contributed by atoms with Crippen LogP contribution in [0, 0.1) is 6.92 Å². The Morgan fingerprint density at radius 1 is 0.971 bits per heavy atom. The van der Waals surface area contributed by atoms with Gasteiger partial charge in [0.25, 0.3) is 11.5 Å². The molecule has 1 aliphatic carbocycles. The molecule has 0 bridgehead atoms. The van der Waals surface area contributed by atoms with Gasteiger partial charge in [-0.2, -0.15) is 9.78 Å². The zero-order valence-electron chi connectivity index (χ0n) is 18.9. The monoisotopic (exact) mass is 467 g/mol. The number of aryl methyl sites for hydroxylation is 2. The first-order valence-electron chi connectivity index (χ1n) is 11.4. The van der Waals surface area contributed by atoms with Crippen LogP contribution in [-0.4, -0.2) is 15.7 Å². The number of aromatic nitrogens is 2. The molecule has 5 nitrogen and oxygen atoms in total. The Labute approximate surface area is 202 Å². The van der Waals surface area contributed by atoms with E-state index in [-0.39, 0.29) is 17.5 Å². The Bertz CT molecular complexity index is 1380. The molecule has 0 unspecified atom stereocenters. The van der Waals surface area contributed by atoms with Crippen LogP contribution in [0.1, 0.15) is 45.9 Å². The Balaban J connectivity index is 1.33. The molecule has 1 aromatic heterocycles. The second kappa shape index (κ2) is 9.69. The third kappa shape index (κ3) is 4.82. The van der Waals surface area contributed by atoms with Crippen LogP contribution < -0.4 is 10.9 Å². The molecule has 6 heteroatoms. The highest BCUT2D eigenvalue weighted by atomic mass is 32.2. The molecule has 3 aromatic carbocycles. The average Bonchev–Trinajstić information content (AvgIpc) is 2.87. The van der Waals surface area contributed by atoms with Gasteiger partial charge < -0.3 is 5.32 Å². The van der Waals surface area contributed by atoms with Crippen molar-refractivity contribution in [2.75, 3.05) is 0 Å². The fourth-order valence-electron chi connectivity index (χ4n) is 4.26. The fourth-order valence-corrected chi connectivity index (χ4v) is 5.03. The van der Waals surface area contributed by atoms with Crippen molar-refractivity contribution in [1.82, 2.24) is 15.1 Å². The molecule has 0 spiro atoms. The lowest BCUT2D eigenvalue weighted by molar-refractivity contribution is 0.0932. The zero-order chi connectivity index (χ0) is 23.5. The van der Waals surface area contributed by atoms with Crippen molar-refractivity contribution >= 4 is 17.7 Å². The van der Waals surface area contributed by atoms with Gasteiger partial charge in [0.05, 0.1) is 11.7 Å². The van der Waals surface area contributed by atoms with Gasteiger partial charge in [-0.3, -0.25) is 9.59 Å². The summed E-state index contributed by atoms with van der Waals surface area (Å²) < 4.78 is 1.37. The van der Waals surface area contributed by atoms with E-state index >= 15 is 0 Å². The van der Waals surface area contributed by atoms with E-state index in [1.807, 2.05) is 43.3 Å². The second-order valence-electron chi connectivity index (χ2n) is 8.50. The van der Waals surface area contributed by atoms with Crippen molar-refractivity contribution in [1.29, 1.82) is 0 Å². The van der Waals surface area contributed by atoms with Crippen molar-refractivity contribution in [3.8, 4) is 5.69 Å². The van der Waals surface area contributed by atoms with Crippen LogP contribution in [0.3, 0.4) is 0 Å². The molecule has 1 atom stereocenters. The third-order valence-electron chi connectivity index (χ3n) is 6.07. The van der Waals surface area contributed by atoms with Crippen molar-refractivity contribution in [2.24, 2.45) is 0 Å². The average molecular weight is 468 g/mol. The molecule has 34 heavy (non-hydrogen) atoms. The van der Waals surface area contributed by atoms with Gasteiger partial charge in [-0.05, 0) is 79.8 Å². The molecule has 1 heterocycles. The van der Waals surface area contributed by atoms with Gasteiger partial charge >= 0.3 is 0 Å². The Morgan fingerprint density at radius 2 is 1.74 bits per heavy atom. The van der Waals surface area contributed by atoms with Crippen molar-refractivity contribution in [3.63, 3.8) is 0 Å². The summed E-state index contributed by atoms with van der Waals surface area (Å²) in [6, 6.07) is 26.8. The molecule has 0 radical (unpaired) electrons. The van der Waals surface area contributed by atoms with Crippen LogP contribution in [0.5, 0.6) is 0 Å². The standard InChI is InChI=1S/C28H25N3O2S/c1-19-9-15-23(16-10-19)34-26-17-18-27(32)31(30-26)22-13-11-21(12-14-22)28(33)29-25-8-4-6-20-5-2-3-7-24(20)25/h2-3,5,7,9-18,25H,4,6,8H2,1H3,(H,29,33)/t25-/m1/s1. The van der Waals surface area contributed by atoms with Gasteiger partial charge in [-0.1, -0.05) is 53.7 Å². The lowest BCUT2D eigenvalue weighted by atomic mass is 9.87. The second-order valence-corrected chi connectivity index (χ2v) is 9.59. The quantitative estimate of drug-likeness (QED) is 0.421. The van der Waals surface area contributed by atoms with Gasteiger partial charge in [0.2, 0.25) is 0 Å². The fraction of sp³-hybridized carbons (Fsp3) is 0.179. The van der Waals surface area contributed by atoms with Gasteiger partial charge in [0.15, 0.2) is 0 Å². The SMILES string of the molecule is Cc1ccc(Sc2ccc(=O)n(-c3ccc(C(=O)N[C@@H]4CCCc5ccccc54)cc3)n2)cc1. The molecule has 5 rings (SSSR count). The summed E-state index contributed by atoms with van der Waals surface area (Å²) in [5.41, 5.74) is 4.67. The van der Waals surface area contributed by atoms with Crippen molar-refractivity contribution in [3.05, 3.63) is 118 Å². The zero-order valence-corrected chi connectivity index (χ0v) is 19.7. The molecule has 1 N–H and O–H groups in total. The maximum absolute atomic E-state index is 12.9. The predicted molar refractivity (Wildman–Crippen MR) is 135 cm³/mol. The van der Waals surface area contributed by atoms with Gasteiger partial charge in [0, 0.05) is 16.5 Å². The minimum Gasteiger partial charge on any atom is -0.345 e. The predicted octanol–water partition coefficient (Wildman–Crippen LogP) is 5.50. The van der Waals surface area contributed by atoms with E-state index in [4.69, 9.17) is 0 Å². The Hall–Kier alpha value is -3.64. The highest BCUT2D eigenvalue weighted by molar-refractivity contribution is 7.99. The smallest absolute Gasteiger partial charge is 0.271 e. The molecule has 0 aliphatic heterocycles. The van der Waals surface area contributed by atoms with Crippen LogP contribution in [0.15, 0.2) is 99.6 Å². The first-order valence-corrected chi connectivity index (χ1v) is 12.2. The number of hydrogen-bond donors (Lipinski definition) is 1. The Kier molecular flexibility index (Phi) is 6.32. The van der Waals surface area contributed by atoms with E-state index in [1.54, 1.807) is 30.3 Å². The molecule has 4 aromatic rings. The van der Waals surface area contributed by atoms with Crippen LogP contribution in [0.2, 0.25) is 0 Å². The summed E-state index contributed by atoms with van der Waals surface area (Å²) in [5, 5.41) is 8.42. The van der Waals surface area contributed by atoms with Crippen LogP contribution >= 0.6 is 11.8 Å². The number of amides is 1. The number of carbonyl (C=O) groups is 1. The normalized spacial score (nSPS) is 14.9. The summed E-state index contributed by atoms with van der Waals surface area (Å²) in [5.74, 6) is -0.114. The summed E-state index contributed by atoms with van der Waals surface area (Å²) in [6.07, 6.45) is 3.05. The lowest BCUT2D eigenvalue weighted by Gasteiger charge is -2.26. The molecule has 1 aliphatic rings. The minimum absolute atomic E-state index is 0.0249. The Morgan fingerprint density at radius 3 is 2.53 bits per heavy atom. The van der Waals surface area contributed by atoms with Gasteiger partial charge in [-0.25, -0.2) is 0 Å². The summed E-state index contributed by atoms with van der Waals surface area (Å²) >= 11 is 1.50. The topological polar surface area (TPSA) is 64.0 Å². The molecular weight excluding hydrogens is 442 g/mol. The summed E-state index contributed by atoms with van der Waals surface area (Å²) in [4.78, 5) is 26.5. The van der Waals surface area contributed by atoms with E-state index in [0.717, 1.165) is 29.2 Å². The van der Waals surface area contributed by atoms with Gasteiger partial charge in [-0.15, -0.1) is 0 Å². The number of carbonyl (C=O) groups excluding carboxylic acids is 1. The molecule has 0 fully saturated rings. The van der Waals surface area contributed by atoms with E-state index in [2.05, 4.69) is 22.5 Å². The van der Waals surface area contributed by atoms with E-state index in [9.17, 15) is 9.59 Å². The summed E-state index contributed by atoms with van der Waals surface area (Å²) in [7, 11) is 0. The third-order valence-corrected chi connectivity index (χ3v) is 7.00. The number of nitrogens with one attached hydrogen (secondary N) is 1. The highest BCUT2D eigenvalue weighted by Gasteiger charge is 2.22. The molecule has 1 amide bonds. The lowest BCUT2D eigenvalue weighted by Crippen LogP contribution is -2.31. The number of fused-ring (bicyclic) bond motifs is 1. The van der Waals surface area contributed by atoms with E-state index in [0.29, 0.717) is 11.3 Å². The first-order chi connectivity index (χ1) is 16.6. The van der Waals surface area contributed by atoms with Crippen molar-refractivity contribution in [2.45, 2.75) is 42.1 Å². The number of nitrogens with zero attached hydrogens (tertiary/aromatic N) is 2. The maximum Gasteiger partial charge on any atom is 0.271 e. The minimum atomic E-state index is -0.218. The molecular formula is C28H25N3O2S. The largest absolute Gasteiger partial charge is 0.345 e. The number of benzene rings is 3. The molecule has 0 saturated heterocycles. The molecule has 170 valence electrons. The number of hydrogen-bond acceptors (Lipinski definition) is 4. The number of rotatable bonds is 5. The van der Waals surface area contributed by atoms with E-state index in [1.165, 1.54) is 39.2 Å². The molecule has 0 saturated carbocycles. The first kappa shape index (κ1) is 22.2. The van der Waals surface area contributed by atoms with E-state index < -0.39 is 0 Å². The van der Waals surface area contributed by atoms with Crippen molar-refractivity contribution < 1.29 is 4.79 Å². The summed E-state index contributed by atoms with van der Waals surface area (Å²) in [6.45, 7) is 2.05. The van der Waals surface area contributed by atoms with Crippen LogP contribution in [-0.2, 0) is 6.42 Å². The maximum atomic E-state index is 12.9.